The molecule has 1 aromatic carbocycles. The van der Waals surface area contributed by atoms with Gasteiger partial charge in [-0.2, -0.15) is 0 Å². The molecule has 0 heterocycles. The van der Waals surface area contributed by atoms with Gasteiger partial charge >= 0.3 is 5.97 Å². The molecule has 5 nitrogen and oxygen atoms in total. The third-order valence-corrected chi connectivity index (χ3v) is 3.84. The highest BCUT2D eigenvalue weighted by Gasteiger charge is 2.26. The zero-order valence-electron chi connectivity index (χ0n) is 9.36. The minimum atomic E-state index is -3.69. The van der Waals surface area contributed by atoms with Crippen LogP contribution in [0.25, 0.3) is 0 Å². The fraction of sp³-hybridized carbons (Fsp3) is 0.200. The lowest BCUT2D eigenvalue weighted by Crippen LogP contribution is -2.12. The SMILES string of the molecule is COC(=O)c1c(S(C)(=O)=O)ccc(C(=O)Cl)c1Cl. The van der Waals surface area contributed by atoms with Crippen molar-refractivity contribution in [3.05, 3.63) is 28.3 Å². The maximum absolute atomic E-state index is 11.6. The molecule has 18 heavy (non-hydrogen) atoms. The molecular weight excluding hydrogens is 303 g/mol. The van der Waals surface area contributed by atoms with Gasteiger partial charge < -0.3 is 4.74 Å². The van der Waals surface area contributed by atoms with E-state index in [4.69, 9.17) is 23.2 Å². The molecule has 0 aromatic heterocycles. The number of esters is 1. The van der Waals surface area contributed by atoms with Crippen LogP contribution in [-0.4, -0.2) is 33.0 Å². The molecule has 0 bridgehead atoms. The second-order valence-electron chi connectivity index (χ2n) is 3.34. The molecule has 0 saturated carbocycles. The summed E-state index contributed by atoms with van der Waals surface area (Å²) in [7, 11) is -2.62. The van der Waals surface area contributed by atoms with E-state index in [2.05, 4.69) is 4.74 Å². The van der Waals surface area contributed by atoms with Crippen LogP contribution in [0, 0.1) is 0 Å². The average molecular weight is 311 g/mol. The van der Waals surface area contributed by atoms with Gasteiger partial charge in [-0.25, -0.2) is 13.2 Å². The first-order valence-corrected chi connectivity index (χ1v) is 7.15. The van der Waals surface area contributed by atoms with Crippen LogP contribution < -0.4 is 0 Å². The Morgan fingerprint density at radius 2 is 1.83 bits per heavy atom. The minimum absolute atomic E-state index is 0.161. The van der Waals surface area contributed by atoms with Gasteiger partial charge in [-0.1, -0.05) is 11.6 Å². The van der Waals surface area contributed by atoms with E-state index in [-0.39, 0.29) is 15.5 Å². The molecule has 1 aromatic rings. The van der Waals surface area contributed by atoms with Crippen molar-refractivity contribution in [2.45, 2.75) is 4.90 Å². The van der Waals surface area contributed by atoms with E-state index in [9.17, 15) is 18.0 Å². The van der Waals surface area contributed by atoms with Gasteiger partial charge in [0.2, 0.25) is 0 Å². The number of halogens is 2. The zero-order chi connectivity index (χ0) is 14.1. The van der Waals surface area contributed by atoms with Gasteiger partial charge in [0.15, 0.2) is 9.84 Å². The van der Waals surface area contributed by atoms with Gasteiger partial charge in [-0.3, -0.25) is 4.79 Å². The molecular formula is C10H8Cl2O5S. The number of hydrogen-bond donors (Lipinski definition) is 0. The highest BCUT2D eigenvalue weighted by atomic mass is 35.5. The smallest absolute Gasteiger partial charge is 0.340 e. The lowest BCUT2D eigenvalue weighted by molar-refractivity contribution is 0.0596. The van der Waals surface area contributed by atoms with Crippen molar-refractivity contribution in [2.75, 3.05) is 13.4 Å². The maximum Gasteiger partial charge on any atom is 0.340 e. The molecule has 0 spiro atoms. The van der Waals surface area contributed by atoms with Gasteiger partial charge in [0.05, 0.1) is 28.2 Å². The second kappa shape index (κ2) is 5.26. The highest BCUT2D eigenvalue weighted by molar-refractivity contribution is 7.90. The summed E-state index contributed by atoms with van der Waals surface area (Å²) in [6.45, 7) is 0. The molecule has 0 unspecified atom stereocenters. The molecule has 0 aliphatic heterocycles. The average Bonchev–Trinajstić information content (AvgIpc) is 2.25. The van der Waals surface area contributed by atoms with E-state index < -0.39 is 26.6 Å². The van der Waals surface area contributed by atoms with E-state index in [1.165, 1.54) is 0 Å². The number of hydrogen-bond acceptors (Lipinski definition) is 5. The molecule has 8 heteroatoms. The Bertz CT molecular complexity index is 621. The molecule has 0 amide bonds. The molecule has 0 N–H and O–H groups in total. The number of carbonyl (C=O) groups is 2. The molecule has 0 radical (unpaired) electrons. The van der Waals surface area contributed by atoms with E-state index in [0.717, 1.165) is 25.5 Å². The molecule has 0 aliphatic rings. The van der Waals surface area contributed by atoms with Crippen LogP contribution in [0.5, 0.6) is 0 Å². The minimum Gasteiger partial charge on any atom is -0.465 e. The maximum atomic E-state index is 11.6. The highest BCUT2D eigenvalue weighted by Crippen LogP contribution is 2.29. The summed E-state index contributed by atoms with van der Waals surface area (Å²) in [5.41, 5.74) is -0.556. The second-order valence-corrected chi connectivity index (χ2v) is 6.04. The van der Waals surface area contributed by atoms with Crippen molar-refractivity contribution in [1.82, 2.24) is 0 Å². The van der Waals surface area contributed by atoms with Gasteiger partial charge in [0.25, 0.3) is 5.24 Å². The first-order valence-electron chi connectivity index (χ1n) is 4.50. The van der Waals surface area contributed by atoms with Gasteiger partial charge in [-0.15, -0.1) is 0 Å². The van der Waals surface area contributed by atoms with Crippen LogP contribution in [0.15, 0.2) is 17.0 Å². The topological polar surface area (TPSA) is 77.5 Å². The van der Waals surface area contributed by atoms with E-state index in [1.54, 1.807) is 0 Å². The van der Waals surface area contributed by atoms with Gasteiger partial charge in [-0.05, 0) is 23.7 Å². The molecule has 1 rings (SSSR count). The van der Waals surface area contributed by atoms with Crippen molar-refractivity contribution in [3.8, 4) is 0 Å². The van der Waals surface area contributed by atoms with Crippen LogP contribution in [-0.2, 0) is 14.6 Å². The van der Waals surface area contributed by atoms with Crippen LogP contribution in [0.3, 0.4) is 0 Å². The quantitative estimate of drug-likeness (QED) is 0.629. The van der Waals surface area contributed by atoms with Crippen LogP contribution in [0.2, 0.25) is 5.02 Å². The fourth-order valence-corrected chi connectivity index (χ4v) is 2.77. The predicted octanol–water partition coefficient (Wildman–Crippen LogP) is 1.91. The summed E-state index contributed by atoms with van der Waals surface area (Å²) < 4.78 is 27.5. The summed E-state index contributed by atoms with van der Waals surface area (Å²) in [6, 6.07) is 2.23. The van der Waals surface area contributed by atoms with Crippen molar-refractivity contribution in [2.24, 2.45) is 0 Å². The molecule has 0 fully saturated rings. The number of ether oxygens (including phenoxy) is 1. The number of sulfone groups is 1. The standard InChI is InChI=1S/C10H8Cl2O5S/c1-17-10(14)7-6(18(2,15)16)4-3-5(8(7)11)9(12)13/h3-4H,1-2H3. The van der Waals surface area contributed by atoms with Crippen molar-refractivity contribution in [1.29, 1.82) is 0 Å². The Kier molecular flexibility index (Phi) is 4.37. The monoisotopic (exact) mass is 310 g/mol. The third-order valence-electron chi connectivity index (χ3n) is 2.10. The Hall–Kier alpha value is -1.11. The van der Waals surface area contributed by atoms with Crippen LogP contribution in [0.1, 0.15) is 20.7 Å². The lowest BCUT2D eigenvalue weighted by Gasteiger charge is -2.10. The first-order chi connectivity index (χ1) is 8.20. The third kappa shape index (κ3) is 2.82. The zero-order valence-corrected chi connectivity index (χ0v) is 11.7. The van der Waals surface area contributed by atoms with Gasteiger partial charge in [0, 0.05) is 6.26 Å². The summed E-state index contributed by atoms with van der Waals surface area (Å²) in [4.78, 5) is 22.3. The van der Waals surface area contributed by atoms with E-state index in [1.807, 2.05) is 0 Å². The number of benzene rings is 1. The normalized spacial score (nSPS) is 11.1. The Morgan fingerprint density at radius 1 is 1.28 bits per heavy atom. The number of rotatable bonds is 3. The van der Waals surface area contributed by atoms with Crippen LogP contribution in [0.4, 0.5) is 0 Å². The molecule has 0 atom stereocenters. The van der Waals surface area contributed by atoms with Crippen molar-refractivity contribution < 1.29 is 22.7 Å². The molecule has 0 aliphatic carbocycles. The fourth-order valence-electron chi connectivity index (χ4n) is 1.31. The van der Waals surface area contributed by atoms with E-state index >= 15 is 0 Å². The van der Waals surface area contributed by atoms with E-state index in [0.29, 0.717) is 0 Å². The molecule has 98 valence electrons. The predicted molar refractivity (Wildman–Crippen MR) is 66.1 cm³/mol. The Morgan fingerprint density at radius 3 is 2.22 bits per heavy atom. The van der Waals surface area contributed by atoms with Gasteiger partial charge in [0.1, 0.15) is 0 Å². The number of methoxy groups -OCH3 is 1. The van der Waals surface area contributed by atoms with Crippen LogP contribution >= 0.6 is 23.2 Å². The molecule has 0 saturated heterocycles. The largest absolute Gasteiger partial charge is 0.465 e. The Labute approximate surface area is 114 Å². The first kappa shape index (κ1) is 14.9. The Balaban J connectivity index is 3.73. The summed E-state index contributed by atoms with van der Waals surface area (Å²) in [5, 5.41) is -1.24. The summed E-state index contributed by atoms with van der Waals surface area (Å²) >= 11 is 11.1. The summed E-state index contributed by atoms with van der Waals surface area (Å²) in [6.07, 6.45) is 0.910. The van der Waals surface area contributed by atoms with Crippen molar-refractivity contribution >= 4 is 44.3 Å². The summed E-state index contributed by atoms with van der Waals surface area (Å²) in [5.74, 6) is -0.958. The lowest BCUT2D eigenvalue weighted by atomic mass is 10.1. The van der Waals surface area contributed by atoms with Crippen molar-refractivity contribution in [3.63, 3.8) is 0 Å². The number of carbonyl (C=O) groups excluding carboxylic acids is 2.